The van der Waals surface area contributed by atoms with Gasteiger partial charge in [0.05, 0.1) is 41.9 Å². The number of nitrogens with two attached hydrogens (primary N) is 1. The van der Waals surface area contributed by atoms with Gasteiger partial charge in [0.15, 0.2) is 21.3 Å². The van der Waals surface area contributed by atoms with E-state index in [-0.39, 0.29) is 35.4 Å². The number of carbonyl (C=O) groups excluding carboxylic acids is 3. The third kappa shape index (κ3) is 10.9. The Morgan fingerprint density at radius 1 is 0.983 bits per heavy atom. The number of halogens is 3. The van der Waals surface area contributed by atoms with Crippen molar-refractivity contribution in [2.75, 3.05) is 36.6 Å². The molecule has 0 bridgehead atoms. The number of aromatic nitrogens is 1. The summed E-state index contributed by atoms with van der Waals surface area (Å²) in [5.74, 6) is -3.75. The van der Waals surface area contributed by atoms with Gasteiger partial charge < -0.3 is 40.6 Å². The number of ether oxygens (including phenoxy) is 3. The van der Waals surface area contributed by atoms with Crippen LogP contribution in [0.5, 0.6) is 11.5 Å². The van der Waals surface area contributed by atoms with Gasteiger partial charge in [-0.1, -0.05) is 6.07 Å². The minimum absolute atomic E-state index is 0.0424. The Labute approximate surface area is 345 Å². The Balaban J connectivity index is 0.00000104. The van der Waals surface area contributed by atoms with Gasteiger partial charge >= 0.3 is 18.1 Å². The lowest BCUT2D eigenvalue weighted by molar-refractivity contribution is -0.192. The molecule has 1 aliphatic rings. The third-order valence-electron chi connectivity index (χ3n) is 9.32. The number of benzene rings is 3. The molecule has 15 nitrogen and oxygen atoms in total. The number of hydrogen-bond donors (Lipinski definition) is 4. The fraction of sp³-hybridized carbons (Fsp3) is 0.390. The summed E-state index contributed by atoms with van der Waals surface area (Å²) in [6.07, 6.45) is -3.42. The summed E-state index contributed by atoms with van der Waals surface area (Å²) in [6.45, 7) is 10.6. The topological polar surface area (TPSA) is 217 Å². The number of amides is 2. The van der Waals surface area contributed by atoms with Gasteiger partial charge in [0.25, 0.3) is 0 Å². The van der Waals surface area contributed by atoms with Crippen LogP contribution in [0.3, 0.4) is 0 Å². The first-order valence-corrected chi connectivity index (χ1v) is 20.3. The maximum Gasteiger partial charge on any atom is 0.490 e. The maximum atomic E-state index is 15.2. The van der Waals surface area contributed by atoms with Gasteiger partial charge in [0.2, 0.25) is 11.8 Å². The fourth-order valence-electron chi connectivity index (χ4n) is 6.63. The highest BCUT2D eigenvalue weighted by Gasteiger charge is 2.47. The van der Waals surface area contributed by atoms with Crippen LogP contribution in [0.2, 0.25) is 0 Å². The van der Waals surface area contributed by atoms with Gasteiger partial charge in [-0.3, -0.25) is 14.4 Å². The summed E-state index contributed by atoms with van der Waals surface area (Å²) in [5.41, 5.74) is 7.77. The number of nitrogens with zero attached hydrogens (tertiary/aromatic N) is 2. The molecular formula is C41H48F3N5O10S. The minimum Gasteiger partial charge on any atom is -0.490 e. The summed E-state index contributed by atoms with van der Waals surface area (Å²) in [7, 11) is -2.68. The van der Waals surface area contributed by atoms with E-state index in [9.17, 15) is 31.2 Å². The number of aliphatic carboxylic acids is 1. The van der Waals surface area contributed by atoms with Gasteiger partial charge in [0.1, 0.15) is 11.9 Å². The van der Waals surface area contributed by atoms with E-state index in [1.165, 1.54) is 37.1 Å². The van der Waals surface area contributed by atoms with Crippen molar-refractivity contribution in [2.24, 2.45) is 5.92 Å². The smallest absolute Gasteiger partial charge is 0.490 e. The summed E-state index contributed by atoms with van der Waals surface area (Å²) in [5, 5.41) is 14.0. The molecule has 19 heteroatoms. The van der Waals surface area contributed by atoms with E-state index >= 15 is 4.79 Å². The zero-order chi connectivity index (χ0) is 44.7. The third-order valence-corrected chi connectivity index (χ3v) is 11.5. The number of fused-ring (bicyclic) bond motifs is 1. The van der Waals surface area contributed by atoms with Gasteiger partial charge in [-0.15, -0.1) is 0 Å². The van der Waals surface area contributed by atoms with Crippen LogP contribution in [0.1, 0.15) is 71.2 Å². The van der Waals surface area contributed by atoms with Gasteiger partial charge in [-0.05, 0) is 112 Å². The van der Waals surface area contributed by atoms with Crippen LogP contribution in [0.4, 0.5) is 30.4 Å². The summed E-state index contributed by atoms with van der Waals surface area (Å²) in [4.78, 5) is 55.2. The number of methoxy groups -OCH3 is 1. The zero-order valence-electron chi connectivity index (χ0n) is 34.0. The van der Waals surface area contributed by atoms with Crippen molar-refractivity contribution < 1.29 is 60.1 Å². The van der Waals surface area contributed by atoms with E-state index in [2.05, 4.69) is 15.6 Å². The van der Waals surface area contributed by atoms with Gasteiger partial charge in [0, 0.05) is 36.4 Å². The quantitative estimate of drug-likeness (QED) is 0.103. The van der Waals surface area contributed by atoms with Crippen LogP contribution in [0.15, 0.2) is 71.8 Å². The molecule has 5 rings (SSSR count). The van der Waals surface area contributed by atoms with Crippen molar-refractivity contribution in [3.63, 3.8) is 0 Å². The van der Waals surface area contributed by atoms with E-state index in [0.717, 1.165) is 10.8 Å². The Bertz CT molecular complexity index is 2340. The number of likely N-dealkylation sites (tertiary alicyclic amines) is 1. The Kier molecular flexibility index (Phi) is 15.0. The number of anilines is 3. The summed E-state index contributed by atoms with van der Waals surface area (Å²) >= 11 is 0. The van der Waals surface area contributed by atoms with Crippen molar-refractivity contribution in [3.8, 4) is 11.5 Å². The first kappa shape index (κ1) is 46.6. The van der Waals surface area contributed by atoms with Crippen LogP contribution in [-0.2, 0) is 33.8 Å². The highest BCUT2D eigenvalue weighted by Crippen LogP contribution is 2.44. The van der Waals surface area contributed by atoms with Crippen LogP contribution in [0, 0.1) is 5.92 Å². The molecule has 2 amide bonds. The Hall–Kier alpha value is -6.11. The number of sulfone groups is 1. The highest BCUT2D eigenvalue weighted by atomic mass is 32.2. The molecule has 3 aromatic carbocycles. The first-order chi connectivity index (χ1) is 28.1. The SMILES string of the molecule is CCOc1cc(C(Nc2ccc3c(N)nccc3c2)C(=O)N2CC[C@@H](C(=O)OC)[C@H]2c2cc(NC(C)=O)ccc2S(=O)(=O)C(C)C)ccc1OC(C)C.O=C(O)C(F)(F)F. The summed E-state index contributed by atoms with van der Waals surface area (Å²) in [6, 6.07) is 14.9. The standard InChI is InChI=1S/C39H47N5O8S.C2HF3O2/c1-8-51-33-20-26(9-13-32(33)52-22(2)3)35(43-27-10-12-29-25(19-27)15-17-41-37(29)40)38(46)44-18-16-30(39(47)50-7)36(44)31-21-28(42-24(6)45)11-14-34(31)53(48,49)23(4)5;3-2(4,5)1(6)7/h9-15,17,19-23,30,35-36,43H,8,16,18H2,1-7H3,(H2,40,41)(H,42,45);(H,6,7)/t30-,35?,36+;/m1./s1. The lowest BCUT2D eigenvalue weighted by Crippen LogP contribution is -2.40. The molecule has 60 heavy (non-hydrogen) atoms. The van der Waals surface area contributed by atoms with E-state index in [1.54, 1.807) is 44.3 Å². The van der Waals surface area contributed by atoms with Crippen LogP contribution in [-0.4, -0.2) is 85.0 Å². The maximum absolute atomic E-state index is 15.2. The number of pyridine rings is 1. The Morgan fingerprint density at radius 3 is 2.23 bits per heavy atom. The fourth-order valence-corrected chi connectivity index (χ4v) is 7.90. The second-order valence-corrected chi connectivity index (χ2v) is 16.7. The van der Waals surface area contributed by atoms with Crippen LogP contribution in [0.25, 0.3) is 10.8 Å². The van der Waals surface area contributed by atoms with Crippen LogP contribution >= 0.6 is 0 Å². The molecule has 1 fully saturated rings. The monoisotopic (exact) mass is 859 g/mol. The molecule has 0 radical (unpaired) electrons. The van der Waals surface area contributed by atoms with Crippen molar-refractivity contribution in [2.45, 2.75) is 82.5 Å². The number of carboxylic acids is 1. The van der Waals surface area contributed by atoms with E-state index in [0.29, 0.717) is 40.9 Å². The number of hydrogen-bond acceptors (Lipinski definition) is 12. The number of alkyl halides is 3. The number of esters is 1. The number of nitrogens with one attached hydrogen (secondary N) is 2. The van der Waals surface area contributed by atoms with E-state index in [4.69, 9.17) is 29.8 Å². The molecular weight excluding hydrogens is 812 g/mol. The average molecular weight is 860 g/mol. The number of carboxylic acid groups (broad SMARTS) is 1. The molecule has 1 unspecified atom stereocenters. The second-order valence-electron chi connectivity index (χ2n) is 14.2. The largest absolute Gasteiger partial charge is 0.490 e. The molecule has 0 aliphatic carbocycles. The average Bonchev–Trinajstić information content (AvgIpc) is 3.62. The molecule has 4 aromatic rings. The van der Waals surface area contributed by atoms with E-state index < -0.39 is 57.1 Å². The normalized spacial score (nSPS) is 15.8. The molecule has 3 atom stereocenters. The number of rotatable bonds is 13. The molecule has 0 saturated carbocycles. The van der Waals surface area contributed by atoms with E-state index in [1.807, 2.05) is 39.0 Å². The van der Waals surface area contributed by atoms with Gasteiger partial charge in [-0.2, -0.15) is 13.2 Å². The highest BCUT2D eigenvalue weighted by molar-refractivity contribution is 7.92. The van der Waals surface area contributed by atoms with Crippen molar-refractivity contribution in [3.05, 3.63) is 78.0 Å². The lowest BCUT2D eigenvalue weighted by atomic mass is 9.92. The summed E-state index contributed by atoms with van der Waals surface area (Å²) < 4.78 is 76.6. The predicted octanol–water partition coefficient (Wildman–Crippen LogP) is 6.69. The van der Waals surface area contributed by atoms with Crippen molar-refractivity contribution >= 4 is 61.6 Å². The number of carbonyl (C=O) groups is 4. The molecule has 0 spiro atoms. The lowest BCUT2D eigenvalue weighted by Gasteiger charge is -2.33. The van der Waals surface area contributed by atoms with Crippen molar-refractivity contribution in [1.82, 2.24) is 9.88 Å². The first-order valence-electron chi connectivity index (χ1n) is 18.8. The molecule has 1 aliphatic heterocycles. The zero-order valence-corrected chi connectivity index (χ0v) is 34.8. The molecule has 2 heterocycles. The predicted molar refractivity (Wildman–Crippen MR) is 217 cm³/mol. The van der Waals surface area contributed by atoms with Crippen LogP contribution < -0.4 is 25.8 Å². The molecule has 1 saturated heterocycles. The minimum atomic E-state index is -5.08. The van der Waals surface area contributed by atoms with Gasteiger partial charge in [-0.25, -0.2) is 18.2 Å². The van der Waals surface area contributed by atoms with Crippen molar-refractivity contribution in [1.29, 1.82) is 0 Å². The second kappa shape index (κ2) is 19.3. The molecule has 1 aromatic heterocycles. The Morgan fingerprint density at radius 2 is 1.65 bits per heavy atom. The number of nitrogen functional groups attached to an aromatic ring is 1. The molecule has 5 N–H and O–H groups in total. The molecule has 324 valence electrons.